The Balaban J connectivity index is 2.79. The summed E-state index contributed by atoms with van der Waals surface area (Å²) in [5.41, 5.74) is 5.29. The van der Waals surface area contributed by atoms with E-state index in [1.807, 2.05) is 0 Å². The normalized spacial score (nSPS) is 21.8. The molecule has 1 heterocycles. The Morgan fingerprint density at radius 3 is 2.86 bits per heavy atom. The molecule has 0 aromatic heterocycles. The first kappa shape index (κ1) is 11.6. The van der Waals surface area contributed by atoms with Crippen LogP contribution in [0.1, 0.15) is 13.3 Å². The van der Waals surface area contributed by atoms with Crippen LogP contribution in [-0.2, 0) is 10.0 Å². The van der Waals surface area contributed by atoms with E-state index >= 15 is 0 Å². The molecule has 0 spiro atoms. The number of nitrogens with zero attached hydrogens (tertiary/aromatic N) is 1. The van der Waals surface area contributed by atoms with Gasteiger partial charge in [0.05, 0.1) is 11.8 Å². The molecule has 0 aromatic rings. The predicted octanol–water partition coefficient (Wildman–Crippen LogP) is 0.223. The summed E-state index contributed by atoms with van der Waals surface area (Å²) in [6.07, 6.45) is 1.85. The van der Waals surface area contributed by atoms with Gasteiger partial charge in [-0.05, 0) is 13.3 Å². The van der Waals surface area contributed by atoms with Crippen LogP contribution in [-0.4, -0.2) is 37.6 Å². The second kappa shape index (κ2) is 4.37. The van der Waals surface area contributed by atoms with Gasteiger partial charge in [-0.25, -0.2) is 12.8 Å². The lowest BCUT2D eigenvalue weighted by atomic mass is 10.3. The van der Waals surface area contributed by atoms with Crippen molar-refractivity contribution in [3.63, 3.8) is 0 Å². The Kier molecular flexibility index (Phi) is 3.63. The van der Waals surface area contributed by atoms with Crippen LogP contribution in [0.15, 0.2) is 11.9 Å². The molecule has 0 aliphatic carbocycles. The number of hydrogen-bond donors (Lipinski definition) is 1. The second-order valence-electron chi connectivity index (χ2n) is 3.36. The van der Waals surface area contributed by atoms with Crippen molar-refractivity contribution >= 4 is 10.0 Å². The van der Waals surface area contributed by atoms with Crippen LogP contribution in [0.2, 0.25) is 0 Å². The lowest BCUT2D eigenvalue weighted by Gasteiger charge is -2.26. The van der Waals surface area contributed by atoms with E-state index in [1.165, 1.54) is 13.0 Å². The van der Waals surface area contributed by atoms with Gasteiger partial charge in [0.1, 0.15) is 5.83 Å². The van der Waals surface area contributed by atoms with Crippen LogP contribution in [0.4, 0.5) is 4.39 Å². The van der Waals surface area contributed by atoms with Gasteiger partial charge in [-0.2, -0.15) is 4.31 Å². The highest BCUT2D eigenvalue weighted by atomic mass is 32.2. The fourth-order valence-electron chi connectivity index (χ4n) is 1.27. The molecule has 1 atom stereocenters. The second-order valence-corrected chi connectivity index (χ2v) is 5.72. The lowest BCUT2D eigenvalue weighted by molar-refractivity contribution is 0.384. The van der Waals surface area contributed by atoms with Crippen molar-refractivity contribution < 1.29 is 12.8 Å². The van der Waals surface area contributed by atoms with Gasteiger partial charge >= 0.3 is 0 Å². The smallest absolute Gasteiger partial charge is 0.218 e. The maximum absolute atomic E-state index is 12.9. The molecule has 1 aliphatic heterocycles. The molecular weight excluding hydrogens is 207 g/mol. The van der Waals surface area contributed by atoms with Gasteiger partial charge in [0.15, 0.2) is 0 Å². The standard InChI is InChI=1S/C8H15FN2O2S/c1-7(5-10)14(12,13)11-4-2-3-8(9)6-11/h3,7H,2,4-6,10H2,1H3. The largest absolute Gasteiger partial charge is 0.329 e. The quantitative estimate of drug-likeness (QED) is 0.743. The molecule has 1 unspecified atom stereocenters. The molecule has 0 bridgehead atoms. The molecule has 82 valence electrons. The monoisotopic (exact) mass is 222 g/mol. The number of nitrogens with two attached hydrogens (primary N) is 1. The average Bonchev–Trinajstić information content (AvgIpc) is 2.16. The molecule has 0 radical (unpaired) electrons. The SMILES string of the molecule is CC(CN)S(=O)(=O)N1CCC=C(F)C1. The van der Waals surface area contributed by atoms with Crippen molar-refractivity contribution in [2.75, 3.05) is 19.6 Å². The summed E-state index contributed by atoms with van der Waals surface area (Å²) in [7, 11) is -3.42. The van der Waals surface area contributed by atoms with Crippen LogP contribution in [0.5, 0.6) is 0 Å². The van der Waals surface area contributed by atoms with Crippen LogP contribution in [0, 0.1) is 0 Å². The van der Waals surface area contributed by atoms with E-state index in [9.17, 15) is 12.8 Å². The molecular formula is C8H15FN2O2S. The fourth-order valence-corrected chi connectivity index (χ4v) is 2.69. The van der Waals surface area contributed by atoms with Gasteiger partial charge in [-0.1, -0.05) is 6.08 Å². The maximum Gasteiger partial charge on any atom is 0.218 e. The number of sulfonamides is 1. The molecule has 4 nitrogen and oxygen atoms in total. The molecule has 0 aromatic carbocycles. The predicted molar refractivity (Wildman–Crippen MR) is 52.8 cm³/mol. The topological polar surface area (TPSA) is 63.4 Å². The average molecular weight is 222 g/mol. The molecule has 2 N–H and O–H groups in total. The summed E-state index contributed by atoms with van der Waals surface area (Å²) in [4.78, 5) is 0. The third-order valence-corrected chi connectivity index (χ3v) is 4.51. The third-order valence-electron chi connectivity index (χ3n) is 2.27. The zero-order valence-corrected chi connectivity index (χ0v) is 8.93. The van der Waals surface area contributed by atoms with Gasteiger partial charge in [0.25, 0.3) is 0 Å². The summed E-state index contributed by atoms with van der Waals surface area (Å²) in [5.74, 6) is -0.385. The highest BCUT2D eigenvalue weighted by molar-refractivity contribution is 7.89. The molecule has 14 heavy (non-hydrogen) atoms. The van der Waals surface area contributed by atoms with E-state index in [0.29, 0.717) is 13.0 Å². The third kappa shape index (κ3) is 2.31. The Hall–Kier alpha value is -0.460. The van der Waals surface area contributed by atoms with Gasteiger partial charge in [-0.15, -0.1) is 0 Å². The minimum atomic E-state index is -3.42. The Labute approximate surface area is 83.6 Å². The molecule has 6 heteroatoms. The van der Waals surface area contributed by atoms with E-state index in [-0.39, 0.29) is 18.9 Å². The first-order chi connectivity index (χ1) is 6.48. The van der Waals surface area contributed by atoms with E-state index in [0.717, 1.165) is 4.31 Å². The summed E-state index contributed by atoms with van der Waals surface area (Å²) >= 11 is 0. The van der Waals surface area contributed by atoms with Gasteiger partial charge in [-0.3, -0.25) is 0 Å². The fraction of sp³-hybridized carbons (Fsp3) is 0.750. The molecule has 1 aliphatic rings. The first-order valence-corrected chi connectivity index (χ1v) is 6.02. The van der Waals surface area contributed by atoms with Gasteiger partial charge in [0.2, 0.25) is 10.0 Å². The summed E-state index contributed by atoms with van der Waals surface area (Å²) in [6.45, 7) is 1.79. The number of halogens is 1. The van der Waals surface area contributed by atoms with Crippen LogP contribution >= 0.6 is 0 Å². The van der Waals surface area contributed by atoms with Crippen molar-refractivity contribution in [3.8, 4) is 0 Å². The van der Waals surface area contributed by atoms with Crippen molar-refractivity contribution in [3.05, 3.63) is 11.9 Å². The number of rotatable bonds is 3. The van der Waals surface area contributed by atoms with E-state index in [2.05, 4.69) is 0 Å². The molecule has 0 saturated carbocycles. The van der Waals surface area contributed by atoms with Crippen molar-refractivity contribution in [1.29, 1.82) is 0 Å². The minimum Gasteiger partial charge on any atom is -0.329 e. The minimum absolute atomic E-state index is 0.0597. The molecule has 0 amide bonds. The summed E-state index contributed by atoms with van der Waals surface area (Å²) in [5, 5.41) is -0.645. The van der Waals surface area contributed by atoms with Crippen molar-refractivity contribution in [1.82, 2.24) is 4.31 Å². The highest BCUT2D eigenvalue weighted by Gasteiger charge is 2.29. The van der Waals surface area contributed by atoms with E-state index in [1.54, 1.807) is 0 Å². The first-order valence-electron chi connectivity index (χ1n) is 4.52. The zero-order chi connectivity index (χ0) is 10.8. The lowest BCUT2D eigenvalue weighted by Crippen LogP contribution is -2.43. The Morgan fingerprint density at radius 1 is 1.71 bits per heavy atom. The zero-order valence-electron chi connectivity index (χ0n) is 8.11. The molecule has 0 saturated heterocycles. The summed E-state index contributed by atoms with van der Waals surface area (Å²) < 4.78 is 37.4. The van der Waals surface area contributed by atoms with Crippen LogP contribution in [0.25, 0.3) is 0 Å². The Morgan fingerprint density at radius 2 is 2.36 bits per heavy atom. The van der Waals surface area contributed by atoms with Crippen molar-refractivity contribution in [2.45, 2.75) is 18.6 Å². The van der Waals surface area contributed by atoms with Gasteiger partial charge < -0.3 is 5.73 Å². The van der Waals surface area contributed by atoms with E-state index in [4.69, 9.17) is 5.73 Å². The highest BCUT2D eigenvalue weighted by Crippen LogP contribution is 2.17. The maximum atomic E-state index is 12.9. The van der Waals surface area contributed by atoms with E-state index < -0.39 is 15.3 Å². The van der Waals surface area contributed by atoms with Crippen LogP contribution in [0.3, 0.4) is 0 Å². The summed E-state index contributed by atoms with van der Waals surface area (Å²) in [6, 6.07) is 0. The van der Waals surface area contributed by atoms with Gasteiger partial charge in [0, 0.05) is 13.1 Å². The Bertz CT molecular complexity index is 326. The molecule has 0 fully saturated rings. The molecule has 1 rings (SSSR count). The van der Waals surface area contributed by atoms with Crippen molar-refractivity contribution in [2.24, 2.45) is 5.73 Å². The number of hydrogen-bond acceptors (Lipinski definition) is 3. The van der Waals surface area contributed by atoms with Crippen LogP contribution < -0.4 is 5.73 Å².